The van der Waals surface area contributed by atoms with Gasteiger partial charge in [0.1, 0.15) is 22.7 Å². The van der Waals surface area contributed by atoms with E-state index in [0.717, 1.165) is 24.3 Å². The number of aromatic carboxylic acids is 1. The molecular weight excluding hydrogens is 397 g/mol. The summed E-state index contributed by atoms with van der Waals surface area (Å²) in [6.07, 6.45) is 0. The fourth-order valence-electron chi connectivity index (χ4n) is 2.99. The van der Waals surface area contributed by atoms with Crippen molar-refractivity contribution in [3.8, 4) is 11.3 Å². The van der Waals surface area contributed by atoms with Gasteiger partial charge in [-0.1, -0.05) is 30.3 Å². The van der Waals surface area contributed by atoms with E-state index in [-0.39, 0.29) is 27.3 Å². The lowest BCUT2D eigenvalue weighted by atomic mass is 10.1. The molecule has 1 heterocycles. The number of hydrogen-bond acceptors (Lipinski definition) is 4. The molecule has 0 saturated heterocycles. The Kier molecular flexibility index (Phi) is 4.56. The van der Waals surface area contributed by atoms with Gasteiger partial charge in [0.05, 0.1) is 4.90 Å². The van der Waals surface area contributed by atoms with E-state index in [9.17, 15) is 22.7 Å². The van der Waals surface area contributed by atoms with Crippen molar-refractivity contribution in [2.75, 3.05) is 4.72 Å². The van der Waals surface area contributed by atoms with Crippen LogP contribution < -0.4 is 4.72 Å². The molecule has 1 aromatic heterocycles. The first-order valence-electron chi connectivity index (χ1n) is 8.49. The third kappa shape index (κ3) is 3.57. The molecule has 3 aromatic carbocycles. The number of hydrogen-bond donors (Lipinski definition) is 2. The highest BCUT2D eigenvalue weighted by Gasteiger charge is 2.23. The standard InChI is InChI=1S/C21H14FNO5S/c22-14-6-9-16(10-7-14)29(26,27)23-15-8-11-18-17(12-15)19(21(24)25)20(28-18)13-4-2-1-3-5-13/h1-12,23H,(H,24,25). The van der Waals surface area contributed by atoms with Gasteiger partial charge in [-0.25, -0.2) is 17.6 Å². The summed E-state index contributed by atoms with van der Waals surface area (Å²) < 4.78 is 46.2. The van der Waals surface area contributed by atoms with Crippen molar-refractivity contribution < 1.29 is 27.1 Å². The van der Waals surface area contributed by atoms with E-state index in [4.69, 9.17) is 4.42 Å². The van der Waals surface area contributed by atoms with Gasteiger partial charge >= 0.3 is 5.97 Å². The van der Waals surface area contributed by atoms with E-state index in [1.807, 2.05) is 0 Å². The van der Waals surface area contributed by atoms with Gasteiger partial charge in [0, 0.05) is 16.6 Å². The lowest BCUT2D eigenvalue weighted by Crippen LogP contribution is -2.12. The number of fused-ring (bicyclic) bond motifs is 1. The zero-order valence-corrected chi connectivity index (χ0v) is 15.6. The molecule has 8 heteroatoms. The molecule has 0 aliphatic rings. The number of rotatable bonds is 5. The summed E-state index contributed by atoms with van der Waals surface area (Å²) in [4.78, 5) is 11.8. The molecule has 0 unspecified atom stereocenters. The van der Waals surface area contributed by atoms with Crippen molar-refractivity contribution in [3.05, 3.63) is 84.2 Å². The van der Waals surface area contributed by atoms with Gasteiger partial charge in [-0.05, 0) is 42.5 Å². The average Bonchev–Trinajstić information content (AvgIpc) is 3.08. The molecule has 0 aliphatic heterocycles. The summed E-state index contributed by atoms with van der Waals surface area (Å²) >= 11 is 0. The van der Waals surface area contributed by atoms with Gasteiger partial charge in [0.25, 0.3) is 10.0 Å². The Hall–Kier alpha value is -3.65. The van der Waals surface area contributed by atoms with Gasteiger partial charge in [-0.3, -0.25) is 4.72 Å². The number of sulfonamides is 1. The Balaban J connectivity index is 1.79. The lowest BCUT2D eigenvalue weighted by Gasteiger charge is -2.08. The van der Waals surface area contributed by atoms with Crippen molar-refractivity contribution >= 4 is 32.6 Å². The van der Waals surface area contributed by atoms with Crippen molar-refractivity contribution in [3.63, 3.8) is 0 Å². The van der Waals surface area contributed by atoms with Crippen LogP contribution in [0.5, 0.6) is 0 Å². The second kappa shape index (κ2) is 7.06. The number of furan rings is 1. The van der Waals surface area contributed by atoms with Crippen LogP contribution in [-0.4, -0.2) is 19.5 Å². The number of benzene rings is 3. The maximum atomic E-state index is 13.1. The Bertz CT molecular complexity index is 1310. The molecule has 4 aromatic rings. The van der Waals surface area contributed by atoms with E-state index in [1.165, 1.54) is 18.2 Å². The van der Waals surface area contributed by atoms with E-state index in [2.05, 4.69) is 4.72 Å². The summed E-state index contributed by atoms with van der Waals surface area (Å²) in [6.45, 7) is 0. The van der Waals surface area contributed by atoms with Crippen molar-refractivity contribution in [1.82, 2.24) is 0 Å². The molecule has 2 N–H and O–H groups in total. The van der Waals surface area contributed by atoms with E-state index in [0.29, 0.717) is 11.1 Å². The zero-order valence-electron chi connectivity index (χ0n) is 14.8. The number of halogens is 1. The molecule has 0 bridgehead atoms. The van der Waals surface area contributed by atoms with Crippen LogP contribution in [0.4, 0.5) is 10.1 Å². The summed E-state index contributed by atoms with van der Waals surface area (Å²) in [7, 11) is -3.97. The summed E-state index contributed by atoms with van der Waals surface area (Å²) in [5, 5.41) is 9.97. The molecule has 4 rings (SSSR count). The summed E-state index contributed by atoms with van der Waals surface area (Å²) in [6, 6.07) is 17.5. The quantitative estimate of drug-likeness (QED) is 0.495. The smallest absolute Gasteiger partial charge is 0.340 e. The predicted molar refractivity (Wildman–Crippen MR) is 106 cm³/mol. The van der Waals surface area contributed by atoms with Crippen LogP contribution in [0.15, 0.2) is 82.1 Å². The zero-order chi connectivity index (χ0) is 20.6. The molecule has 6 nitrogen and oxygen atoms in total. The topological polar surface area (TPSA) is 96.6 Å². The van der Waals surface area contributed by atoms with Crippen LogP contribution in [-0.2, 0) is 10.0 Å². The SMILES string of the molecule is O=C(O)c1c(-c2ccccc2)oc2ccc(NS(=O)(=O)c3ccc(F)cc3)cc12. The molecule has 0 radical (unpaired) electrons. The monoisotopic (exact) mass is 411 g/mol. The molecule has 0 spiro atoms. The van der Waals surface area contributed by atoms with E-state index < -0.39 is 21.8 Å². The Labute approximate surface area is 165 Å². The van der Waals surface area contributed by atoms with E-state index >= 15 is 0 Å². The van der Waals surface area contributed by atoms with Crippen molar-refractivity contribution in [1.29, 1.82) is 0 Å². The molecule has 29 heavy (non-hydrogen) atoms. The fraction of sp³-hybridized carbons (Fsp3) is 0. The molecule has 0 fully saturated rings. The number of anilines is 1. The van der Waals surface area contributed by atoms with Crippen LogP contribution in [0, 0.1) is 5.82 Å². The average molecular weight is 411 g/mol. The third-order valence-corrected chi connectivity index (χ3v) is 5.71. The van der Waals surface area contributed by atoms with Crippen molar-refractivity contribution in [2.24, 2.45) is 0 Å². The number of nitrogens with one attached hydrogen (secondary N) is 1. The lowest BCUT2D eigenvalue weighted by molar-refractivity contribution is 0.0699. The third-order valence-electron chi connectivity index (χ3n) is 4.31. The largest absolute Gasteiger partial charge is 0.478 e. The van der Waals surface area contributed by atoms with Crippen LogP contribution in [0.1, 0.15) is 10.4 Å². The van der Waals surface area contributed by atoms with Gasteiger partial charge in [-0.15, -0.1) is 0 Å². The minimum absolute atomic E-state index is 0.0611. The fourth-order valence-corrected chi connectivity index (χ4v) is 4.04. The van der Waals surface area contributed by atoms with Gasteiger partial charge < -0.3 is 9.52 Å². The summed E-state index contributed by atoms with van der Waals surface area (Å²) in [5.41, 5.74) is 0.999. The predicted octanol–water partition coefficient (Wildman–Crippen LogP) is 4.74. The minimum Gasteiger partial charge on any atom is -0.478 e. The molecule has 0 amide bonds. The number of carboxylic acids is 1. The Morgan fingerprint density at radius 2 is 1.66 bits per heavy atom. The number of carbonyl (C=O) groups is 1. The van der Waals surface area contributed by atoms with Crippen LogP contribution >= 0.6 is 0 Å². The maximum Gasteiger partial charge on any atom is 0.340 e. The molecule has 0 atom stereocenters. The first-order valence-corrected chi connectivity index (χ1v) is 9.97. The highest BCUT2D eigenvalue weighted by Crippen LogP contribution is 2.35. The molecule has 0 saturated carbocycles. The highest BCUT2D eigenvalue weighted by molar-refractivity contribution is 7.92. The normalized spacial score (nSPS) is 11.5. The highest BCUT2D eigenvalue weighted by atomic mass is 32.2. The van der Waals surface area contributed by atoms with Gasteiger partial charge in [-0.2, -0.15) is 0 Å². The van der Waals surface area contributed by atoms with Gasteiger partial charge in [0.15, 0.2) is 0 Å². The summed E-state index contributed by atoms with van der Waals surface area (Å²) in [5.74, 6) is -1.56. The van der Waals surface area contributed by atoms with E-state index in [1.54, 1.807) is 30.3 Å². The molecular formula is C21H14FNO5S. The molecule has 0 aliphatic carbocycles. The first kappa shape index (κ1) is 18.7. The minimum atomic E-state index is -3.97. The van der Waals surface area contributed by atoms with Gasteiger partial charge in [0.2, 0.25) is 0 Å². The first-order chi connectivity index (χ1) is 13.8. The Morgan fingerprint density at radius 3 is 2.31 bits per heavy atom. The Morgan fingerprint density at radius 1 is 0.966 bits per heavy atom. The van der Waals surface area contributed by atoms with Crippen LogP contribution in [0.2, 0.25) is 0 Å². The second-order valence-corrected chi connectivity index (χ2v) is 7.93. The molecule has 146 valence electrons. The maximum absolute atomic E-state index is 13.1. The van der Waals surface area contributed by atoms with Crippen LogP contribution in [0.3, 0.4) is 0 Å². The van der Waals surface area contributed by atoms with Crippen molar-refractivity contribution in [2.45, 2.75) is 4.90 Å². The number of carboxylic acid groups (broad SMARTS) is 1. The van der Waals surface area contributed by atoms with Crippen LogP contribution in [0.25, 0.3) is 22.3 Å². The second-order valence-electron chi connectivity index (χ2n) is 6.25.